The average molecular weight is 290 g/mol. The zero-order valence-corrected chi connectivity index (χ0v) is 10.8. The molecule has 0 amide bonds. The highest BCUT2D eigenvalue weighted by molar-refractivity contribution is 7.99. The van der Waals surface area contributed by atoms with E-state index in [9.17, 15) is 18.3 Å². The number of aliphatic hydroxyl groups excluding tert-OH is 1. The fourth-order valence-corrected chi connectivity index (χ4v) is 3.77. The van der Waals surface area contributed by atoms with Crippen LogP contribution in [0.1, 0.15) is 18.4 Å². The number of nitrogens with zero attached hydrogens (tertiary/aromatic N) is 2. The van der Waals surface area contributed by atoms with E-state index in [2.05, 4.69) is 4.98 Å². The largest absolute Gasteiger partial charge is 0.417 e. The number of alkyl halides is 3. The van der Waals surface area contributed by atoms with Crippen molar-refractivity contribution in [2.45, 2.75) is 36.1 Å². The fraction of sp³-hybridized carbons (Fsp3) is 0.583. The second-order valence-corrected chi connectivity index (χ2v) is 5.95. The summed E-state index contributed by atoms with van der Waals surface area (Å²) in [5.41, 5.74) is -0.713. The molecule has 1 saturated heterocycles. The number of halogens is 3. The maximum atomic E-state index is 12.7. The van der Waals surface area contributed by atoms with E-state index in [1.165, 1.54) is 11.8 Å². The molecule has 1 aromatic rings. The summed E-state index contributed by atoms with van der Waals surface area (Å²) in [7, 11) is 0. The lowest BCUT2D eigenvalue weighted by Crippen LogP contribution is -2.49. The molecule has 0 aliphatic carbocycles. The number of aromatic nitrogens is 1. The Kier molecular flexibility index (Phi) is 3.13. The van der Waals surface area contributed by atoms with Gasteiger partial charge in [-0.2, -0.15) is 13.2 Å². The molecule has 104 valence electrons. The zero-order valence-electron chi connectivity index (χ0n) is 10.0. The monoisotopic (exact) mass is 290 g/mol. The highest BCUT2D eigenvalue weighted by Crippen LogP contribution is 2.41. The summed E-state index contributed by atoms with van der Waals surface area (Å²) in [6.45, 7) is 0.455. The van der Waals surface area contributed by atoms with Crippen LogP contribution in [-0.4, -0.2) is 34.5 Å². The molecule has 1 fully saturated rings. The summed E-state index contributed by atoms with van der Waals surface area (Å²) in [4.78, 5) is 6.48. The molecule has 0 bridgehead atoms. The number of anilines is 1. The van der Waals surface area contributed by atoms with E-state index in [1.54, 1.807) is 0 Å². The minimum absolute atomic E-state index is 0.269. The maximum absolute atomic E-state index is 12.7. The van der Waals surface area contributed by atoms with Crippen LogP contribution in [0.25, 0.3) is 0 Å². The molecule has 7 heteroatoms. The van der Waals surface area contributed by atoms with Crippen LogP contribution >= 0.6 is 11.8 Å². The van der Waals surface area contributed by atoms with Gasteiger partial charge in [-0.1, -0.05) is 0 Å². The third kappa shape index (κ3) is 2.41. The van der Waals surface area contributed by atoms with E-state index in [4.69, 9.17) is 0 Å². The molecule has 0 aromatic carbocycles. The Morgan fingerprint density at radius 2 is 2.16 bits per heavy atom. The molecular weight excluding hydrogens is 277 g/mol. The fourth-order valence-electron chi connectivity index (χ4n) is 2.54. The first-order chi connectivity index (χ1) is 8.95. The smallest absolute Gasteiger partial charge is 0.391 e. The second kappa shape index (κ2) is 4.56. The lowest BCUT2D eigenvalue weighted by atomic mass is 10.0. The Morgan fingerprint density at radius 3 is 2.89 bits per heavy atom. The van der Waals surface area contributed by atoms with Crippen molar-refractivity contribution in [2.24, 2.45) is 0 Å². The summed E-state index contributed by atoms with van der Waals surface area (Å²) >= 11 is 1.42. The lowest BCUT2D eigenvalue weighted by molar-refractivity contribution is -0.138. The lowest BCUT2D eigenvalue weighted by Gasteiger charge is -2.42. The van der Waals surface area contributed by atoms with Crippen LogP contribution in [-0.2, 0) is 6.18 Å². The summed E-state index contributed by atoms with van der Waals surface area (Å²) in [5.74, 6) is 1.33. The van der Waals surface area contributed by atoms with E-state index in [-0.39, 0.29) is 6.04 Å². The van der Waals surface area contributed by atoms with Crippen molar-refractivity contribution in [3.05, 3.63) is 17.8 Å². The van der Waals surface area contributed by atoms with E-state index < -0.39 is 17.8 Å². The molecule has 3 nitrogen and oxygen atoms in total. The second-order valence-electron chi connectivity index (χ2n) is 4.89. The molecule has 3 heterocycles. The molecule has 2 aliphatic rings. The van der Waals surface area contributed by atoms with Gasteiger partial charge in [0.1, 0.15) is 5.82 Å². The topological polar surface area (TPSA) is 36.4 Å². The van der Waals surface area contributed by atoms with Crippen molar-refractivity contribution < 1.29 is 18.3 Å². The van der Waals surface area contributed by atoms with Crippen LogP contribution in [0, 0.1) is 0 Å². The van der Waals surface area contributed by atoms with Crippen LogP contribution < -0.4 is 4.90 Å². The Labute approximate surface area is 112 Å². The molecule has 0 saturated carbocycles. The van der Waals surface area contributed by atoms with Crippen LogP contribution in [0.4, 0.5) is 19.0 Å². The van der Waals surface area contributed by atoms with Crippen LogP contribution in [0.5, 0.6) is 0 Å². The van der Waals surface area contributed by atoms with Gasteiger partial charge in [0, 0.05) is 24.5 Å². The predicted octanol–water partition coefficient (Wildman–Crippen LogP) is 2.54. The Hall–Kier alpha value is -0.950. The average Bonchev–Trinajstić information content (AvgIpc) is 2.36. The molecule has 1 N–H and O–H groups in total. The minimum atomic E-state index is -4.36. The number of hydrogen-bond donors (Lipinski definition) is 1. The van der Waals surface area contributed by atoms with Gasteiger partial charge in [0.15, 0.2) is 0 Å². The molecule has 0 radical (unpaired) electrons. The highest BCUT2D eigenvalue weighted by atomic mass is 32.2. The van der Waals surface area contributed by atoms with E-state index in [0.717, 1.165) is 30.9 Å². The van der Waals surface area contributed by atoms with Crippen LogP contribution in [0.3, 0.4) is 0 Å². The van der Waals surface area contributed by atoms with Gasteiger partial charge in [-0.05, 0) is 18.9 Å². The number of pyridine rings is 1. The molecule has 0 spiro atoms. The Bertz CT molecular complexity index is 494. The first kappa shape index (κ1) is 13.1. The summed E-state index contributed by atoms with van der Waals surface area (Å²) < 4.78 is 38.0. The number of fused-ring (bicyclic) bond motifs is 3. The van der Waals surface area contributed by atoms with Gasteiger partial charge >= 0.3 is 6.18 Å². The van der Waals surface area contributed by atoms with Crippen molar-refractivity contribution in [1.29, 1.82) is 0 Å². The molecule has 2 aliphatic heterocycles. The quantitative estimate of drug-likeness (QED) is 0.796. The van der Waals surface area contributed by atoms with Crippen molar-refractivity contribution in [2.75, 3.05) is 17.2 Å². The van der Waals surface area contributed by atoms with Crippen molar-refractivity contribution in [3.8, 4) is 0 Å². The molecule has 2 unspecified atom stereocenters. The first-order valence-electron chi connectivity index (χ1n) is 6.10. The SMILES string of the molecule is OC1CCC2CSc3cc(C(F)(F)F)cnc3N2C1. The number of thioether (sulfide) groups is 1. The Balaban J connectivity index is 1.95. The molecule has 3 rings (SSSR count). The molecular formula is C12H13F3N2OS. The van der Waals surface area contributed by atoms with E-state index in [1.807, 2.05) is 4.90 Å². The van der Waals surface area contributed by atoms with Crippen LogP contribution in [0.2, 0.25) is 0 Å². The van der Waals surface area contributed by atoms with Crippen molar-refractivity contribution in [3.63, 3.8) is 0 Å². The zero-order chi connectivity index (χ0) is 13.6. The highest BCUT2D eigenvalue weighted by Gasteiger charge is 2.36. The number of hydrogen-bond acceptors (Lipinski definition) is 4. The van der Waals surface area contributed by atoms with Gasteiger partial charge in [0.05, 0.1) is 16.6 Å². The third-order valence-corrected chi connectivity index (χ3v) is 4.71. The summed E-state index contributed by atoms with van der Waals surface area (Å²) in [6.07, 6.45) is -2.30. The van der Waals surface area contributed by atoms with Gasteiger partial charge in [0.25, 0.3) is 0 Å². The normalized spacial score (nSPS) is 26.8. The van der Waals surface area contributed by atoms with E-state index >= 15 is 0 Å². The molecule has 2 atom stereocenters. The molecule has 19 heavy (non-hydrogen) atoms. The van der Waals surface area contributed by atoms with Gasteiger partial charge in [0.2, 0.25) is 0 Å². The number of piperidine rings is 1. The Morgan fingerprint density at radius 1 is 1.37 bits per heavy atom. The standard InChI is InChI=1S/C12H13F3N2OS/c13-12(14,15)7-3-10-11(16-4-7)17-5-9(18)2-1-8(17)6-19-10/h3-4,8-9,18H,1-2,5-6H2. The van der Waals surface area contributed by atoms with Gasteiger partial charge in [-0.25, -0.2) is 4.98 Å². The van der Waals surface area contributed by atoms with Gasteiger partial charge in [-0.3, -0.25) is 0 Å². The maximum Gasteiger partial charge on any atom is 0.417 e. The number of aliphatic hydroxyl groups is 1. The van der Waals surface area contributed by atoms with Crippen molar-refractivity contribution >= 4 is 17.6 Å². The van der Waals surface area contributed by atoms with Crippen molar-refractivity contribution in [1.82, 2.24) is 4.98 Å². The minimum Gasteiger partial charge on any atom is -0.391 e. The van der Waals surface area contributed by atoms with Gasteiger partial charge in [-0.15, -0.1) is 11.8 Å². The predicted molar refractivity (Wildman–Crippen MR) is 66.3 cm³/mol. The first-order valence-corrected chi connectivity index (χ1v) is 7.08. The van der Waals surface area contributed by atoms with Gasteiger partial charge < -0.3 is 10.0 Å². The summed E-state index contributed by atoms with van der Waals surface area (Å²) in [6, 6.07) is 1.43. The van der Waals surface area contributed by atoms with Crippen LogP contribution in [0.15, 0.2) is 17.2 Å². The molecule has 1 aromatic heterocycles. The van der Waals surface area contributed by atoms with E-state index in [0.29, 0.717) is 17.3 Å². The third-order valence-electron chi connectivity index (χ3n) is 3.54. The summed E-state index contributed by atoms with van der Waals surface area (Å²) in [5, 5.41) is 9.70. The number of rotatable bonds is 0.